The highest BCUT2D eigenvalue weighted by molar-refractivity contribution is 5.95. The van der Waals surface area contributed by atoms with Gasteiger partial charge < -0.3 is 29.0 Å². The van der Waals surface area contributed by atoms with Crippen LogP contribution < -0.4 is 5.32 Å². The molecule has 0 atom stereocenters. The molecule has 8 nitrogen and oxygen atoms in total. The molecule has 1 aromatic rings. The Kier molecular flexibility index (Phi) is 15.1. The predicted molar refractivity (Wildman–Crippen MR) is 116 cm³/mol. The zero-order valence-corrected chi connectivity index (χ0v) is 18.9. The molecule has 8 heteroatoms. The van der Waals surface area contributed by atoms with Crippen LogP contribution in [0.25, 0.3) is 0 Å². The normalized spacial score (nSPS) is 11.4. The molecule has 1 aromatic heterocycles. The summed E-state index contributed by atoms with van der Waals surface area (Å²) >= 11 is 0. The van der Waals surface area contributed by atoms with E-state index in [0.717, 1.165) is 0 Å². The number of pyridine rings is 1. The average Bonchev–Trinajstić information content (AvgIpc) is 2.72. The maximum absolute atomic E-state index is 12.0. The summed E-state index contributed by atoms with van der Waals surface area (Å²) < 4.78 is 27.2. The standard InChI is InChI=1S/C22H38N2O6/c1-18(2)22(25)20-6-5-7-21(24-20)23-8-9-26-10-11-27-12-13-28-14-15-29-16-17-30-19(3)4/h5-7,18-19H,8-17H2,1-4H3,(H,23,24). The second-order valence-electron chi connectivity index (χ2n) is 7.22. The van der Waals surface area contributed by atoms with Gasteiger partial charge >= 0.3 is 0 Å². The molecule has 0 saturated carbocycles. The Morgan fingerprint density at radius 2 is 1.37 bits per heavy atom. The van der Waals surface area contributed by atoms with Crippen LogP contribution in [-0.4, -0.2) is 82.9 Å². The molecular formula is C22H38N2O6. The summed E-state index contributed by atoms with van der Waals surface area (Å²) in [5.41, 5.74) is 0.484. The van der Waals surface area contributed by atoms with E-state index in [0.29, 0.717) is 77.5 Å². The van der Waals surface area contributed by atoms with Crippen molar-refractivity contribution < 1.29 is 28.5 Å². The van der Waals surface area contributed by atoms with Gasteiger partial charge in [-0.15, -0.1) is 0 Å². The zero-order chi connectivity index (χ0) is 22.0. The summed E-state index contributed by atoms with van der Waals surface area (Å²) in [6.07, 6.45) is 0.234. The van der Waals surface area contributed by atoms with Gasteiger partial charge in [0.15, 0.2) is 5.78 Å². The SMILES string of the molecule is CC(C)OCCOCCOCCOCCOCCNc1cccc(C(=O)C(C)C)n1. The summed E-state index contributed by atoms with van der Waals surface area (Å²) in [6.45, 7) is 13.3. The summed E-state index contributed by atoms with van der Waals surface area (Å²) in [7, 11) is 0. The van der Waals surface area contributed by atoms with Crippen LogP contribution in [-0.2, 0) is 23.7 Å². The van der Waals surface area contributed by atoms with E-state index < -0.39 is 0 Å². The number of carbonyl (C=O) groups is 1. The first-order valence-corrected chi connectivity index (χ1v) is 10.7. The number of nitrogens with one attached hydrogen (secondary N) is 1. The molecule has 1 N–H and O–H groups in total. The molecule has 0 aliphatic heterocycles. The smallest absolute Gasteiger partial charge is 0.183 e. The topological polar surface area (TPSA) is 88.1 Å². The molecule has 30 heavy (non-hydrogen) atoms. The molecule has 0 bridgehead atoms. The second kappa shape index (κ2) is 17.1. The Hall–Kier alpha value is -1.58. The van der Waals surface area contributed by atoms with Crippen LogP contribution in [0.2, 0.25) is 0 Å². The Balaban J connectivity index is 1.89. The fourth-order valence-electron chi connectivity index (χ4n) is 2.32. The molecule has 1 rings (SSSR count). The average molecular weight is 427 g/mol. The predicted octanol–water partition coefficient (Wildman–Crippen LogP) is 2.82. The third-order valence-electron chi connectivity index (χ3n) is 3.87. The van der Waals surface area contributed by atoms with Crippen LogP contribution >= 0.6 is 0 Å². The number of hydrogen-bond acceptors (Lipinski definition) is 8. The van der Waals surface area contributed by atoms with E-state index in [4.69, 9.17) is 23.7 Å². The summed E-state index contributed by atoms with van der Waals surface area (Å²) in [6, 6.07) is 5.40. The van der Waals surface area contributed by atoms with E-state index in [9.17, 15) is 4.79 Å². The molecular weight excluding hydrogens is 388 g/mol. The van der Waals surface area contributed by atoms with E-state index in [1.54, 1.807) is 6.07 Å². The van der Waals surface area contributed by atoms with Crippen LogP contribution in [0.1, 0.15) is 38.2 Å². The lowest BCUT2D eigenvalue weighted by atomic mass is 10.1. The van der Waals surface area contributed by atoms with Gasteiger partial charge in [-0.2, -0.15) is 0 Å². The fourth-order valence-corrected chi connectivity index (χ4v) is 2.32. The van der Waals surface area contributed by atoms with Gasteiger partial charge in [0.1, 0.15) is 11.5 Å². The maximum atomic E-state index is 12.0. The largest absolute Gasteiger partial charge is 0.377 e. The summed E-state index contributed by atoms with van der Waals surface area (Å²) in [5, 5.41) is 3.16. The number of aromatic nitrogens is 1. The van der Waals surface area contributed by atoms with Crippen molar-refractivity contribution in [1.29, 1.82) is 0 Å². The van der Waals surface area contributed by atoms with Gasteiger partial charge in [0.05, 0.1) is 65.6 Å². The Morgan fingerprint density at radius 1 is 0.833 bits per heavy atom. The first kappa shape index (κ1) is 26.5. The second-order valence-corrected chi connectivity index (χ2v) is 7.22. The van der Waals surface area contributed by atoms with Crippen molar-refractivity contribution in [2.75, 3.05) is 71.3 Å². The van der Waals surface area contributed by atoms with Crippen LogP contribution in [0.4, 0.5) is 5.82 Å². The quantitative estimate of drug-likeness (QED) is 0.267. The minimum atomic E-state index is -0.0653. The summed E-state index contributed by atoms with van der Waals surface area (Å²) in [4.78, 5) is 16.3. The monoisotopic (exact) mass is 426 g/mol. The van der Waals surface area contributed by atoms with Gasteiger partial charge in [-0.1, -0.05) is 19.9 Å². The Bertz CT molecular complexity index is 568. The fraction of sp³-hybridized carbons (Fsp3) is 0.727. The number of nitrogens with zero attached hydrogens (tertiary/aromatic N) is 1. The van der Waals surface area contributed by atoms with E-state index in [2.05, 4.69) is 10.3 Å². The highest BCUT2D eigenvalue weighted by Crippen LogP contribution is 2.09. The van der Waals surface area contributed by atoms with Gasteiger partial charge in [0.2, 0.25) is 0 Å². The van der Waals surface area contributed by atoms with Gasteiger partial charge in [0, 0.05) is 12.5 Å². The highest BCUT2D eigenvalue weighted by atomic mass is 16.6. The Morgan fingerprint density at radius 3 is 1.90 bits per heavy atom. The number of anilines is 1. The van der Waals surface area contributed by atoms with Crippen molar-refractivity contribution in [3.63, 3.8) is 0 Å². The molecule has 172 valence electrons. The highest BCUT2D eigenvalue weighted by Gasteiger charge is 2.11. The number of ether oxygens (including phenoxy) is 5. The van der Waals surface area contributed by atoms with Crippen molar-refractivity contribution in [2.24, 2.45) is 5.92 Å². The molecule has 0 amide bonds. The van der Waals surface area contributed by atoms with E-state index in [1.165, 1.54) is 0 Å². The van der Waals surface area contributed by atoms with Crippen molar-refractivity contribution in [1.82, 2.24) is 4.98 Å². The third-order valence-corrected chi connectivity index (χ3v) is 3.87. The van der Waals surface area contributed by atoms with Crippen LogP contribution in [0.5, 0.6) is 0 Å². The van der Waals surface area contributed by atoms with E-state index in [1.807, 2.05) is 39.8 Å². The van der Waals surface area contributed by atoms with Gasteiger partial charge in [0.25, 0.3) is 0 Å². The minimum Gasteiger partial charge on any atom is -0.377 e. The third kappa shape index (κ3) is 13.6. The van der Waals surface area contributed by atoms with E-state index >= 15 is 0 Å². The van der Waals surface area contributed by atoms with E-state index in [-0.39, 0.29) is 17.8 Å². The molecule has 0 aliphatic carbocycles. The van der Waals surface area contributed by atoms with Crippen molar-refractivity contribution >= 4 is 11.6 Å². The van der Waals surface area contributed by atoms with Crippen molar-refractivity contribution in [3.05, 3.63) is 23.9 Å². The van der Waals surface area contributed by atoms with Crippen LogP contribution in [0.3, 0.4) is 0 Å². The molecule has 0 aliphatic rings. The van der Waals surface area contributed by atoms with Crippen LogP contribution in [0, 0.1) is 5.92 Å². The molecule has 0 saturated heterocycles. The number of Topliss-reactive ketones (excluding diaryl/α,β-unsaturated/α-hetero) is 1. The van der Waals surface area contributed by atoms with Crippen molar-refractivity contribution in [2.45, 2.75) is 33.8 Å². The molecule has 0 spiro atoms. The zero-order valence-electron chi connectivity index (χ0n) is 18.9. The summed E-state index contributed by atoms with van der Waals surface area (Å²) in [5.74, 6) is 0.652. The van der Waals surface area contributed by atoms with Gasteiger partial charge in [-0.3, -0.25) is 4.79 Å². The lowest BCUT2D eigenvalue weighted by molar-refractivity contribution is -0.0171. The van der Waals surface area contributed by atoms with Crippen LogP contribution in [0.15, 0.2) is 18.2 Å². The van der Waals surface area contributed by atoms with Gasteiger partial charge in [-0.05, 0) is 26.0 Å². The lowest BCUT2D eigenvalue weighted by Gasteiger charge is -2.10. The number of carbonyl (C=O) groups excluding carboxylic acids is 1. The maximum Gasteiger partial charge on any atom is 0.183 e. The Labute approximate surface area is 180 Å². The molecule has 0 radical (unpaired) electrons. The number of rotatable bonds is 19. The first-order chi connectivity index (χ1) is 14.5. The van der Waals surface area contributed by atoms with Gasteiger partial charge in [-0.25, -0.2) is 4.98 Å². The molecule has 0 unspecified atom stereocenters. The minimum absolute atomic E-state index is 0.0415. The number of ketones is 1. The molecule has 0 aromatic carbocycles. The molecule has 1 heterocycles. The number of hydrogen-bond donors (Lipinski definition) is 1. The lowest BCUT2D eigenvalue weighted by Crippen LogP contribution is -2.16. The first-order valence-electron chi connectivity index (χ1n) is 10.7. The van der Waals surface area contributed by atoms with Crippen molar-refractivity contribution in [3.8, 4) is 0 Å². The molecule has 0 fully saturated rings.